The van der Waals surface area contributed by atoms with Gasteiger partial charge < -0.3 is 15.6 Å². The highest BCUT2D eigenvalue weighted by Crippen LogP contribution is 2.03. The molecule has 1 aliphatic heterocycles. The third kappa shape index (κ3) is 2.14. The van der Waals surface area contributed by atoms with Crippen molar-refractivity contribution in [2.45, 2.75) is 18.9 Å². The molecule has 1 atom stereocenters. The Morgan fingerprint density at radius 1 is 1.64 bits per heavy atom. The van der Waals surface area contributed by atoms with E-state index in [0.29, 0.717) is 11.6 Å². The zero-order valence-corrected chi connectivity index (χ0v) is 8.05. The molecule has 2 heterocycles. The second-order valence-electron chi connectivity index (χ2n) is 3.60. The van der Waals surface area contributed by atoms with Gasteiger partial charge in [-0.3, -0.25) is 4.79 Å². The summed E-state index contributed by atoms with van der Waals surface area (Å²) in [6.45, 7) is 1.80. The van der Waals surface area contributed by atoms with Crippen LogP contribution in [0.1, 0.15) is 23.2 Å². The molecule has 0 spiro atoms. The van der Waals surface area contributed by atoms with Gasteiger partial charge in [-0.15, -0.1) is 0 Å². The van der Waals surface area contributed by atoms with Gasteiger partial charge in [0.15, 0.2) is 0 Å². The fourth-order valence-electron chi connectivity index (χ4n) is 1.71. The maximum atomic E-state index is 11.5. The van der Waals surface area contributed by atoms with Crippen LogP contribution in [0.25, 0.3) is 0 Å². The lowest BCUT2D eigenvalue weighted by Crippen LogP contribution is -2.37. The maximum absolute atomic E-state index is 11.5. The van der Waals surface area contributed by atoms with Crippen molar-refractivity contribution in [3.8, 4) is 0 Å². The van der Waals surface area contributed by atoms with Gasteiger partial charge in [0, 0.05) is 25.0 Å². The third-order valence-electron chi connectivity index (χ3n) is 2.53. The summed E-state index contributed by atoms with van der Waals surface area (Å²) >= 11 is 0. The van der Waals surface area contributed by atoms with Crippen molar-refractivity contribution in [3.05, 3.63) is 24.0 Å². The maximum Gasteiger partial charge on any atom is 0.252 e. The predicted molar refractivity (Wildman–Crippen MR) is 54.2 cm³/mol. The molecule has 1 aromatic rings. The van der Waals surface area contributed by atoms with Crippen LogP contribution >= 0.6 is 0 Å². The second-order valence-corrected chi connectivity index (χ2v) is 3.60. The molecule has 3 N–H and O–H groups in total. The summed E-state index contributed by atoms with van der Waals surface area (Å²) in [6.07, 6.45) is 5.83. The van der Waals surface area contributed by atoms with E-state index in [1.165, 1.54) is 6.42 Å². The number of rotatable bonds is 3. The Morgan fingerprint density at radius 3 is 3.21 bits per heavy atom. The van der Waals surface area contributed by atoms with Gasteiger partial charge in [-0.25, -0.2) is 0 Å². The van der Waals surface area contributed by atoms with Gasteiger partial charge in [-0.2, -0.15) is 0 Å². The molecule has 2 rings (SSSR count). The van der Waals surface area contributed by atoms with Gasteiger partial charge in [0.05, 0.1) is 5.56 Å². The number of aromatic amines is 1. The number of hydrogen-bond donors (Lipinski definition) is 3. The zero-order chi connectivity index (χ0) is 9.80. The molecular formula is C10H15N3O. The number of carbonyl (C=O) groups excluding carboxylic acids is 1. The fraction of sp³-hybridized carbons (Fsp3) is 0.500. The summed E-state index contributed by atoms with van der Waals surface area (Å²) in [5.41, 5.74) is 0.697. The fourth-order valence-corrected chi connectivity index (χ4v) is 1.71. The van der Waals surface area contributed by atoms with Gasteiger partial charge in [0.25, 0.3) is 5.91 Å². The minimum absolute atomic E-state index is 0.0000463. The van der Waals surface area contributed by atoms with E-state index in [9.17, 15) is 4.79 Å². The van der Waals surface area contributed by atoms with Crippen molar-refractivity contribution < 1.29 is 4.79 Å². The standard InChI is InChI=1S/C10H15N3O/c14-10(8-3-5-11-6-8)13-7-9-2-1-4-12-9/h3,5-6,9,11-12H,1-2,4,7H2,(H,13,14). The molecule has 4 heteroatoms. The Morgan fingerprint density at radius 2 is 2.57 bits per heavy atom. The molecule has 0 aliphatic carbocycles. The molecule has 1 aliphatic rings. The summed E-state index contributed by atoms with van der Waals surface area (Å²) in [4.78, 5) is 14.4. The summed E-state index contributed by atoms with van der Waals surface area (Å²) in [5.74, 6) is -0.0000463. The molecule has 0 saturated carbocycles. The first kappa shape index (κ1) is 9.27. The van der Waals surface area contributed by atoms with Gasteiger partial charge in [-0.1, -0.05) is 0 Å². The summed E-state index contributed by atoms with van der Waals surface area (Å²) < 4.78 is 0. The molecule has 1 fully saturated rings. The third-order valence-corrected chi connectivity index (χ3v) is 2.53. The Labute approximate surface area is 83.1 Å². The molecule has 4 nitrogen and oxygen atoms in total. The van der Waals surface area contributed by atoms with Crippen LogP contribution in [0.3, 0.4) is 0 Å². The van der Waals surface area contributed by atoms with Crippen molar-refractivity contribution in [2.75, 3.05) is 13.1 Å². The van der Waals surface area contributed by atoms with E-state index in [1.807, 2.05) is 0 Å². The largest absolute Gasteiger partial charge is 0.367 e. The number of carbonyl (C=O) groups is 1. The number of amides is 1. The Kier molecular flexibility index (Phi) is 2.84. The van der Waals surface area contributed by atoms with Crippen LogP contribution in [0.2, 0.25) is 0 Å². The van der Waals surface area contributed by atoms with Crippen molar-refractivity contribution >= 4 is 5.91 Å². The van der Waals surface area contributed by atoms with Crippen molar-refractivity contribution in [2.24, 2.45) is 0 Å². The smallest absolute Gasteiger partial charge is 0.252 e. The first-order chi connectivity index (χ1) is 6.86. The van der Waals surface area contributed by atoms with Crippen LogP contribution in [0.15, 0.2) is 18.5 Å². The lowest BCUT2D eigenvalue weighted by Gasteiger charge is -2.10. The predicted octanol–water partition coefficient (Wildman–Crippen LogP) is 0.496. The molecule has 0 bridgehead atoms. The van der Waals surface area contributed by atoms with Crippen molar-refractivity contribution in [1.29, 1.82) is 0 Å². The van der Waals surface area contributed by atoms with Crippen LogP contribution < -0.4 is 10.6 Å². The molecule has 1 saturated heterocycles. The summed E-state index contributed by atoms with van der Waals surface area (Å²) in [6, 6.07) is 2.23. The van der Waals surface area contributed by atoms with E-state index in [2.05, 4.69) is 15.6 Å². The Bertz CT molecular complexity index is 288. The van der Waals surface area contributed by atoms with Gasteiger partial charge in [-0.05, 0) is 25.5 Å². The van der Waals surface area contributed by atoms with E-state index in [1.54, 1.807) is 18.5 Å². The van der Waals surface area contributed by atoms with Gasteiger partial charge >= 0.3 is 0 Å². The lowest BCUT2D eigenvalue weighted by atomic mass is 10.2. The quantitative estimate of drug-likeness (QED) is 0.654. The molecule has 76 valence electrons. The molecule has 14 heavy (non-hydrogen) atoms. The minimum Gasteiger partial charge on any atom is -0.367 e. The van der Waals surface area contributed by atoms with Crippen molar-refractivity contribution in [3.63, 3.8) is 0 Å². The topological polar surface area (TPSA) is 56.9 Å². The molecule has 0 aromatic carbocycles. The van der Waals surface area contributed by atoms with Crippen LogP contribution in [-0.4, -0.2) is 30.0 Å². The highest BCUT2D eigenvalue weighted by atomic mass is 16.1. The summed E-state index contributed by atoms with van der Waals surface area (Å²) in [7, 11) is 0. The Hall–Kier alpha value is -1.29. The van der Waals surface area contributed by atoms with Gasteiger partial charge in [0.2, 0.25) is 0 Å². The second kappa shape index (κ2) is 4.28. The van der Waals surface area contributed by atoms with E-state index >= 15 is 0 Å². The first-order valence-electron chi connectivity index (χ1n) is 5.00. The highest BCUT2D eigenvalue weighted by Gasteiger charge is 2.15. The molecule has 1 amide bonds. The number of aromatic nitrogens is 1. The first-order valence-corrected chi connectivity index (χ1v) is 5.00. The average Bonchev–Trinajstić information content (AvgIpc) is 2.87. The van der Waals surface area contributed by atoms with Crippen LogP contribution in [0.4, 0.5) is 0 Å². The van der Waals surface area contributed by atoms with Crippen LogP contribution in [0, 0.1) is 0 Å². The lowest BCUT2D eigenvalue weighted by molar-refractivity contribution is 0.0950. The van der Waals surface area contributed by atoms with E-state index in [-0.39, 0.29) is 5.91 Å². The average molecular weight is 193 g/mol. The van der Waals surface area contributed by atoms with E-state index in [0.717, 1.165) is 19.5 Å². The molecule has 1 unspecified atom stereocenters. The summed E-state index contributed by atoms with van der Waals surface area (Å²) in [5, 5.41) is 6.24. The van der Waals surface area contributed by atoms with Crippen molar-refractivity contribution in [1.82, 2.24) is 15.6 Å². The Balaban J connectivity index is 1.78. The number of nitrogens with one attached hydrogen (secondary N) is 3. The normalized spacial score (nSPS) is 21.0. The molecule has 0 radical (unpaired) electrons. The van der Waals surface area contributed by atoms with Gasteiger partial charge in [0.1, 0.15) is 0 Å². The van der Waals surface area contributed by atoms with Crippen LogP contribution in [-0.2, 0) is 0 Å². The van der Waals surface area contributed by atoms with E-state index in [4.69, 9.17) is 0 Å². The van der Waals surface area contributed by atoms with Crippen LogP contribution in [0.5, 0.6) is 0 Å². The molecular weight excluding hydrogens is 178 g/mol. The monoisotopic (exact) mass is 193 g/mol. The van der Waals surface area contributed by atoms with E-state index < -0.39 is 0 Å². The highest BCUT2D eigenvalue weighted by molar-refractivity contribution is 5.93. The molecule has 1 aromatic heterocycles. The number of H-pyrrole nitrogens is 1. The number of hydrogen-bond acceptors (Lipinski definition) is 2. The SMILES string of the molecule is O=C(NCC1CCCN1)c1cc[nH]c1. The zero-order valence-electron chi connectivity index (χ0n) is 8.05. The minimum atomic E-state index is -0.0000463.